The third-order valence-electron chi connectivity index (χ3n) is 3.50. The number of rotatable bonds is 11. The Morgan fingerprint density at radius 3 is 2.45 bits per heavy atom. The van der Waals surface area contributed by atoms with Gasteiger partial charge >= 0.3 is 0 Å². The lowest BCUT2D eigenvalue weighted by Gasteiger charge is -2.12. The predicted molar refractivity (Wildman–Crippen MR) is 87.4 cm³/mol. The summed E-state index contributed by atoms with van der Waals surface area (Å²) in [5.74, 6) is 0.917. The molecule has 0 saturated carbocycles. The first-order chi connectivity index (χ1) is 9.81. The van der Waals surface area contributed by atoms with E-state index in [0.717, 1.165) is 18.6 Å². The standard InChI is InChI=1S/C19H29O/c1-4-7-9-11-17-13-14-19(20-15-6-3)18(16-17)12-10-8-5-2/h6,13,16H,3-5,7-12,15H2,1-2H3. The van der Waals surface area contributed by atoms with Crippen molar-refractivity contribution in [2.75, 3.05) is 6.61 Å². The molecule has 1 aromatic carbocycles. The van der Waals surface area contributed by atoms with E-state index in [-0.39, 0.29) is 0 Å². The number of unbranched alkanes of at least 4 members (excludes halogenated alkanes) is 4. The number of hydrogen-bond acceptors (Lipinski definition) is 1. The zero-order valence-corrected chi connectivity index (χ0v) is 13.2. The van der Waals surface area contributed by atoms with Gasteiger partial charge in [-0.2, -0.15) is 0 Å². The lowest BCUT2D eigenvalue weighted by atomic mass is 10.0. The fourth-order valence-corrected chi connectivity index (χ4v) is 2.33. The van der Waals surface area contributed by atoms with Gasteiger partial charge in [0.1, 0.15) is 12.4 Å². The molecule has 0 aromatic heterocycles. The minimum atomic E-state index is 0.562. The molecular weight excluding hydrogens is 244 g/mol. The van der Waals surface area contributed by atoms with Crippen LogP contribution in [0.2, 0.25) is 0 Å². The van der Waals surface area contributed by atoms with Gasteiger partial charge in [-0.3, -0.25) is 0 Å². The fourth-order valence-electron chi connectivity index (χ4n) is 2.33. The van der Waals surface area contributed by atoms with Crippen LogP contribution in [0.3, 0.4) is 0 Å². The smallest absolute Gasteiger partial charge is 0.130 e. The van der Waals surface area contributed by atoms with Crippen LogP contribution in [-0.2, 0) is 12.8 Å². The van der Waals surface area contributed by atoms with E-state index in [1.54, 1.807) is 6.08 Å². The summed E-state index contributed by atoms with van der Waals surface area (Å²) in [4.78, 5) is 0. The van der Waals surface area contributed by atoms with Crippen LogP contribution in [0.4, 0.5) is 0 Å². The molecule has 0 bridgehead atoms. The molecule has 0 aliphatic heterocycles. The van der Waals surface area contributed by atoms with Gasteiger partial charge in [-0.25, -0.2) is 0 Å². The largest absolute Gasteiger partial charge is 0.489 e. The van der Waals surface area contributed by atoms with Gasteiger partial charge in [-0.05, 0) is 42.9 Å². The molecule has 1 rings (SSSR count). The Morgan fingerprint density at radius 2 is 1.80 bits per heavy atom. The first-order valence-corrected chi connectivity index (χ1v) is 8.09. The van der Waals surface area contributed by atoms with Crippen molar-refractivity contribution < 1.29 is 4.74 Å². The highest BCUT2D eigenvalue weighted by Crippen LogP contribution is 2.23. The van der Waals surface area contributed by atoms with Gasteiger partial charge in [-0.15, -0.1) is 0 Å². The van der Waals surface area contributed by atoms with Crippen LogP contribution in [0.5, 0.6) is 5.75 Å². The van der Waals surface area contributed by atoms with Crippen molar-refractivity contribution in [3.8, 4) is 5.75 Å². The highest BCUT2D eigenvalue weighted by molar-refractivity contribution is 5.36. The van der Waals surface area contributed by atoms with Crippen LogP contribution in [0.15, 0.2) is 24.8 Å². The first-order valence-electron chi connectivity index (χ1n) is 8.09. The zero-order chi connectivity index (χ0) is 14.6. The molecule has 0 spiro atoms. The maximum absolute atomic E-state index is 5.72. The Balaban J connectivity index is 2.69. The zero-order valence-electron chi connectivity index (χ0n) is 13.2. The van der Waals surface area contributed by atoms with Gasteiger partial charge in [-0.1, -0.05) is 58.3 Å². The second-order valence-electron chi connectivity index (χ2n) is 5.38. The Hall–Kier alpha value is -1.24. The van der Waals surface area contributed by atoms with E-state index in [1.807, 2.05) is 0 Å². The van der Waals surface area contributed by atoms with E-state index < -0.39 is 0 Å². The second kappa shape index (κ2) is 10.5. The monoisotopic (exact) mass is 273 g/mol. The minimum absolute atomic E-state index is 0.562. The van der Waals surface area contributed by atoms with E-state index >= 15 is 0 Å². The maximum Gasteiger partial charge on any atom is 0.130 e. The molecule has 1 aromatic rings. The lowest BCUT2D eigenvalue weighted by Crippen LogP contribution is -2.00. The van der Waals surface area contributed by atoms with E-state index in [1.165, 1.54) is 49.7 Å². The lowest BCUT2D eigenvalue weighted by molar-refractivity contribution is 0.357. The summed E-state index contributed by atoms with van der Waals surface area (Å²) in [5, 5.41) is 0. The molecule has 1 radical (unpaired) electrons. The fraction of sp³-hybridized carbons (Fsp3) is 0.579. The van der Waals surface area contributed by atoms with Gasteiger partial charge in [0, 0.05) is 6.07 Å². The van der Waals surface area contributed by atoms with Gasteiger partial charge in [0.2, 0.25) is 0 Å². The highest BCUT2D eigenvalue weighted by atomic mass is 16.5. The molecule has 1 heteroatoms. The molecule has 0 amide bonds. The van der Waals surface area contributed by atoms with Crippen molar-refractivity contribution in [3.63, 3.8) is 0 Å². The summed E-state index contributed by atoms with van der Waals surface area (Å²) in [5.41, 5.74) is 2.71. The maximum atomic E-state index is 5.72. The first kappa shape index (κ1) is 16.8. The summed E-state index contributed by atoms with van der Waals surface area (Å²) < 4.78 is 5.72. The van der Waals surface area contributed by atoms with Crippen molar-refractivity contribution in [1.29, 1.82) is 0 Å². The van der Waals surface area contributed by atoms with Gasteiger partial charge in [0.15, 0.2) is 0 Å². The van der Waals surface area contributed by atoms with Gasteiger partial charge in [0.05, 0.1) is 0 Å². The quantitative estimate of drug-likeness (QED) is 0.381. The second-order valence-corrected chi connectivity index (χ2v) is 5.38. The Labute approximate surface area is 125 Å². The molecule has 0 atom stereocenters. The summed E-state index contributed by atoms with van der Waals surface area (Å²) in [6.45, 7) is 8.75. The number of hydrogen-bond donors (Lipinski definition) is 0. The molecule has 0 fully saturated rings. The summed E-state index contributed by atoms with van der Waals surface area (Å²) in [6.07, 6.45) is 11.7. The average molecular weight is 273 g/mol. The van der Waals surface area contributed by atoms with Gasteiger partial charge in [0.25, 0.3) is 0 Å². The highest BCUT2D eigenvalue weighted by Gasteiger charge is 2.06. The van der Waals surface area contributed by atoms with Crippen LogP contribution in [-0.4, -0.2) is 6.61 Å². The topological polar surface area (TPSA) is 9.23 Å². The van der Waals surface area contributed by atoms with Crippen molar-refractivity contribution in [1.82, 2.24) is 0 Å². The van der Waals surface area contributed by atoms with Crippen molar-refractivity contribution >= 4 is 0 Å². The van der Waals surface area contributed by atoms with E-state index in [2.05, 4.69) is 38.6 Å². The summed E-state index contributed by atoms with van der Waals surface area (Å²) >= 11 is 0. The molecule has 0 saturated heterocycles. The molecule has 1 nitrogen and oxygen atoms in total. The average Bonchev–Trinajstić information content (AvgIpc) is 2.47. The van der Waals surface area contributed by atoms with Crippen molar-refractivity contribution in [2.24, 2.45) is 0 Å². The third kappa shape index (κ3) is 6.27. The summed E-state index contributed by atoms with van der Waals surface area (Å²) in [6, 6.07) is 7.74. The SMILES string of the molecule is C=CCOc1[c]cc(CCCCC)cc1CCCCC. The molecule has 0 heterocycles. The number of benzene rings is 1. The Kier molecular flexibility index (Phi) is 8.86. The molecular formula is C19H29O. The van der Waals surface area contributed by atoms with Crippen LogP contribution in [0, 0.1) is 6.07 Å². The third-order valence-corrected chi connectivity index (χ3v) is 3.50. The predicted octanol–water partition coefficient (Wildman–Crippen LogP) is 5.52. The number of aryl methyl sites for hydroxylation is 2. The normalized spacial score (nSPS) is 10.5. The molecule has 0 N–H and O–H groups in total. The molecule has 0 unspecified atom stereocenters. The van der Waals surface area contributed by atoms with E-state index in [9.17, 15) is 0 Å². The number of ether oxygens (including phenoxy) is 1. The van der Waals surface area contributed by atoms with Crippen LogP contribution in [0.1, 0.15) is 63.5 Å². The van der Waals surface area contributed by atoms with Crippen LogP contribution < -0.4 is 4.74 Å². The molecule has 0 aliphatic rings. The Bertz CT molecular complexity index is 381. The van der Waals surface area contributed by atoms with E-state index in [0.29, 0.717) is 6.61 Å². The van der Waals surface area contributed by atoms with Crippen LogP contribution >= 0.6 is 0 Å². The molecule has 20 heavy (non-hydrogen) atoms. The van der Waals surface area contributed by atoms with Crippen molar-refractivity contribution in [2.45, 2.75) is 65.2 Å². The minimum Gasteiger partial charge on any atom is -0.489 e. The van der Waals surface area contributed by atoms with Crippen LogP contribution in [0.25, 0.3) is 0 Å². The van der Waals surface area contributed by atoms with Crippen molar-refractivity contribution in [3.05, 3.63) is 42.0 Å². The molecule has 111 valence electrons. The summed E-state index contributed by atoms with van der Waals surface area (Å²) in [7, 11) is 0. The molecule has 0 aliphatic carbocycles. The van der Waals surface area contributed by atoms with Gasteiger partial charge < -0.3 is 4.74 Å². The Morgan fingerprint density at radius 1 is 1.10 bits per heavy atom. The van der Waals surface area contributed by atoms with E-state index in [4.69, 9.17) is 4.74 Å².